The van der Waals surface area contributed by atoms with Crippen molar-refractivity contribution in [3.63, 3.8) is 0 Å². The molecule has 0 bridgehead atoms. The van der Waals surface area contributed by atoms with Crippen LogP contribution in [-0.4, -0.2) is 4.98 Å². The Kier molecular flexibility index (Phi) is 3.37. The summed E-state index contributed by atoms with van der Waals surface area (Å²) in [5.41, 5.74) is 4.53. The molecule has 0 amide bonds. The monoisotopic (exact) mass is 351 g/mol. The molecule has 0 spiro atoms. The molecule has 0 atom stereocenters. The van der Waals surface area contributed by atoms with E-state index in [-0.39, 0.29) is 0 Å². The number of hydrogen-bond acceptors (Lipinski definition) is 2. The largest absolute Gasteiger partial charge is 0.236 e. The van der Waals surface area contributed by atoms with Gasteiger partial charge in [-0.05, 0) is 49.2 Å². The second kappa shape index (κ2) is 4.89. The molecule has 0 saturated carbocycles. The van der Waals surface area contributed by atoms with Crippen molar-refractivity contribution in [3.8, 4) is 10.6 Å². The van der Waals surface area contributed by atoms with Crippen LogP contribution < -0.4 is 0 Å². The van der Waals surface area contributed by atoms with Gasteiger partial charge in [0.25, 0.3) is 0 Å². The molecular weight excluding hydrogens is 342 g/mol. The van der Waals surface area contributed by atoms with Gasteiger partial charge >= 0.3 is 0 Å². The van der Waals surface area contributed by atoms with Crippen LogP contribution >= 0.6 is 38.9 Å². The number of aromatic nitrogens is 1. The van der Waals surface area contributed by atoms with Crippen molar-refractivity contribution in [3.05, 3.63) is 51.0 Å². The van der Waals surface area contributed by atoms with E-state index in [0.717, 1.165) is 25.6 Å². The zero-order valence-electron chi connectivity index (χ0n) is 10.5. The summed E-state index contributed by atoms with van der Waals surface area (Å²) in [5.74, 6) is 0. The van der Waals surface area contributed by atoms with Gasteiger partial charge in [0, 0.05) is 10.0 Å². The second-order valence-electron chi connectivity index (χ2n) is 4.57. The van der Waals surface area contributed by atoms with Crippen LogP contribution in [0.15, 0.2) is 34.8 Å². The highest BCUT2D eigenvalue weighted by molar-refractivity contribution is 9.10. The van der Waals surface area contributed by atoms with Crippen molar-refractivity contribution >= 4 is 49.1 Å². The van der Waals surface area contributed by atoms with Gasteiger partial charge < -0.3 is 0 Å². The summed E-state index contributed by atoms with van der Waals surface area (Å²) in [4.78, 5) is 4.74. The van der Waals surface area contributed by atoms with Crippen LogP contribution in [0.25, 0.3) is 20.8 Å². The van der Waals surface area contributed by atoms with E-state index in [1.165, 1.54) is 15.8 Å². The maximum Gasteiger partial charge on any atom is 0.126 e. The molecule has 0 radical (unpaired) electrons. The molecule has 0 fully saturated rings. The maximum absolute atomic E-state index is 6.28. The zero-order valence-corrected chi connectivity index (χ0v) is 13.7. The Bertz CT molecular complexity index is 779. The fourth-order valence-corrected chi connectivity index (χ4v) is 3.94. The number of aryl methyl sites for hydroxylation is 2. The molecule has 1 nitrogen and oxygen atoms in total. The third-order valence-electron chi connectivity index (χ3n) is 2.99. The molecular formula is C15H11BrClNS. The molecule has 0 unspecified atom stereocenters. The molecule has 1 heterocycles. The lowest BCUT2D eigenvalue weighted by Gasteiger charge is -2.00. The first-order valence-electron chi connectivity index (χ1n) is 5.88. The number of rotatable bonds is 1. The van der Waals surface area contributed by atoms with E-state index in [1.54, 1.807) is 11.3 Å². The molecule has 0 aliphatic carbocycles. The number of fused-ring (bicyclic) bond motifs is 1. The van der Waals surface area contributed by atoms with Crippen LogP contribution in [0.3, 0.4) is 0 Å². The zero-order chi connectivity index (χ0) is 13.6. The lowest BCUT2D eigenvalue weighted by atomic mass is 10.1. The predicted octanol–water partition coefficient (Wildman–Crippen LogP) is 6.00. The Hall–Kier alpha value is -0.900. The van der Waals surface area contributed by atoms with Crippen LogP contribution in [0, 0.1) is 13.8 Å². The van der Waals surface area contributed by atoms with Crippen molar-refractivity contribution in [2.24, 2.45) is 0 Å². The van der Waals surface area contributed by atoms with Crippen LogP contribution in [0.1, 0.15) is 11.1 Å². The Labute approximate surface area is 129 Å². The van der Waals surface area contributed by atoms with Crippen LogP contribution in [0.5, 0.6) is 0 Å². The highest BCUT2D eigenvalue weighted by atomic mass is 79.9. The third kappa shape index (κ3) is 2.42. The minimum atomic E-state index is 0.733. The van der Waals surface area contributed by atoms with Gasteiger partial charge in [0.2, 0.25) is 0 Å². The molecule has 0 saturated heterocycles. The molecule has 0 aliphatic rings. The Morgan fingerprint density at radius 1 is 1.16 bits per heavy atom. The standard InChI is InChI=1S/C15H11BrClNS/c1-8-5-9(2)14-13(6-8)19-15(18-14)11-7-10(16)3-4-12(11)17/h3-7H,1-2H3. The maximum atomic E-state index is 6.28. The lowest BCUT2D eigenvalue weighted by Crippen LogP contribution is -1.81. The van der Waals surface area contributed by atoms with Gasteiger partial charge in [0.15, 0.2) is 0 Å². The van der Waals surface area contributed by atoms with Crippen molar-refractivity contribution < 1.29 is 0 Å². The number of hydrogen-bond donors (Lipinski definition) is 0. The van der Waals surface area contributed by atoms with E-state index in [1.807, 2.05) is 18.2 Å². The third-order valence-corrected chi connectivity index (χ3v) is 4.85. The van der Waals surface area contributed by atoms with Crippen molar-refractivity contribution in [1.29, 1.82) is 0 Å². The summed E-state index contributed by atoms with van der Waals surface area (Å²) in [6.07, 6.45) is 0. The van der Waals surface area contributed by atoms with Crippen LogP contribution in [-0.2, 0) is 0 Å². The summed E-state index contributed by atoms with van der Waals surface area (Å²) < 4.78 is 2.22. The fourth-order valence-electron chi connectivity index (χ4n) is 2.15. The van der Waals surface area contributed by atoms with Gasteiger partial charge in [-0.25, -0.2) is 4.98 Å². The van der Waals surface area contributed by atoms with Gasteiger partial charge in [0.05, 0.1) is 15.2 Å². The van der Waals surface area contributed by atoms with E-state index in [9.17, 15) is 0 Å². The van der Waals surface area contributed by atoms with Crippen molar-refractivity contribution in [1.82, 2.24) is 4.98 Å². The molecule has 3 aromatic rings. The smallest absolute Gasteiger partial charge is 0.126 e. The van der Waals surface area contributed by atoms with Gasteiger partial charge in [0.1, 0.15) is 5.01 Å². The molecule has 2 aromatic carbocycles. The minimum absolute atomic E-state index is 0.733. The molecule has 3 rings (SSSR count). The molecule has 96 valence electrons. The molecule has 0 aliphatic heterocycles. The summed E-state index contributed by atoms with van der Waals surface area (Å²) in [5, 5.41) is 1.70. The first-order valence-corrected chi connectivity index (χ1v) is 7.86. The Morgan fingerprint density at radius 2 is 1.95 bits per heavy atom. The van der Waals surface area contributed by atoms with Crippen molar-refractivity contribution in [2.45, 2.75) is 13.8 Å². The summed E-state index contributed by atoms with van der Waals surface area (Å²) >= 11 is 11.4. The molecule has 1 aromatic heterocycles. The highest BCUT2D eigenvalue weighted by Gasteiger charge is 2.12. The number of nitrogens with zero attached hydrogens (tertiary/aromatic N) is 1. The fraction of sp³-hybridized carbons (Fsp3) is 0.133. The Morgan fingerprint density at radius 3 is 2.74 bits per heavy atom. The topological polar surface area (TPSA) is 12.9 Å². The minimum Gasteiger partial charge on any atom is -0.236 e. The van der Waals surface area contributed by atoms with Crippen molar-refractivity contribution in [2.75, 3.05) is 0 Å². The van der Waals surface area contributed by atoms with Crippen LogP contribution in [0.4, 0.5) is 0 Å². The number of halogens is 2. The van der Waals surface area contributed by atoms with E-state index in [4.69, 9.17) is 16.6 Å². The summed E-state index contributed by atoms with van der Waals surface area (Å²) in [7, 11) is 0. The van der Waals surface area contributed by atoms with E-state index in [0.29, 0.717) is 0 Å². The quantitative estimate of drug-likeness (QED) is 0.523. The Balaban J connectivity index is 2.26. The van der Waals surface area contributed by atoms with Gasteiger partial charge in [-0.2, -0.15) is 0 Å². The lowest BCUT2D eigenvalue weighted by molar-refractivity contribution is 1.38. The SMILES string of the molecule is Cc1cc(C)c2nc(-c3cc(Br)ccc3Cl)sc2c1. The average Bonchev–Trinajstić information content (AvgIpc) is 2.76. The number of thiazole rings is 1. The molecule has 0 N–H and O–H groups in total. The average molecular weight is 353 g/mol. The normalized spacial score (nSPS) is 11.2. The summed E-state index contributed by atoms with van der Waals surface area (Å²) in [6, 6.07) is 10.2. The van der Waals surface area contributed by atoms with E-state index >= 15 is 0 Å². The van der Waals surface area contributed by atoms with Gasteiger partial charge in [-0.3, -0.25) is 0 Å². The van der Waals surface area contributed by atoms with E-state index < -0.39 is 0 Å². The number of benzene rings is 2. The molecule has 19 heavy (non-hydrogen) atoms. The summed E-state index contributed by atoms with van der Waals surface area (Å²) in [6.45, 7) is 4.21. The van der Waals surface area contributed by atoms with E-state index in [2.05, 4.69) is 41.9 Å². The van der Waals surface area contributed by atoms with Gasteiger partial charge in [-0.15, -0.1) is 11.3 Å². The highest BCUT2D eigenvalue weighted by Crippen LogP contribution is 2.37. The predicted molar refractivity (Wildman–Crippen MR) is 87.2 cm³/mol. The first kappa shape index (κ1) is 13.1. The van der Waals surface area contributed by atoms with Gasteiger partial charge in [-0.1, -0.05) is 33.6 Å². The molecule has 4 heteroatoms. The first-order chi connectivity index (χ1) is 9.04. The second-order valence-corrected chi connectivity index (χ2v) is 6.93. The van der Waals surface area contributed by atoms with Crippen LogP contribution in [0.2, 0.25) is 5.02 Å².